The Morgan fingerprint density at radius 1 is 1.14 bits per heavy atom. The third kappa shape index (κ3) is 2.56. The number of benzene rings is 2. The lowest BCUT2D eigenvalue weighted by atomic mass is 10.1. The number of aromatic carboxylic acids is 1. The van der Waals surface area contributed by atoms with E-state index in [1.807, 2.05) is 43.3 Å². The molecule has 3 aromatic rings. The Morgan fingerprint density at radius 2 is 1.95 bits per heavy atom. The maximum atomic E-state index is 11.3. The summed E-state index contributed by atoms with van der Waals surface area (Å²) in [5.41, 5.74) is 0.996. The fraction of sp³-hybridized carbons (Fsp3) is 0.0588. The first-order valence-corrected chi connectivity index (χ1v) is 6.51. The normalized spacial score (nSPS) is 10.5. The number of aromatic nitrogens is 1. The number of ether oxygens (including phenoxy) is 1. The van der Waals surface area contributed by atoms with Crippen molar-refractivity contribution in [2.24, 2.45) is 0 Å². The predicted octanol–water partition coefficient (Wildman–Crippen LogP) is 4.03. The Kier molecular flexibility index (Phi) is 3.28. The van der Waals surface area contributed by atoms with Crippen molar-refractivity contribution in [1.29, 1.82) is 0 Å². The minimum absolute atomic E-state index is 0.129. The number of fused-ring (bicyclic) bond motifs is 1. The zero-order valence-corrected chi connectivity index (χ0v) is 11.4. The average Bonchev–Trinajstić information content (AvgIpc) is 2.49. The van der Waals surface area contributed by atoms with Crippen molar-refractivity contribution < 1.29 is 14.6 Å². The number of carbonyl (C=O) groups is 1. The van der Waals surface area contributed by atoms with Gasteiger partial charge in [0.15, 0.2) is 0 Å². The molecule has 4 nitrogen and oxygen atoms in total. The lowest BCUT2D eigenvalue weighted by molar-refractivity contribution is 0.0694. The van der Waals surface area contributed by atoms with Gasteiger partial charge >= 0.3 is 5.97 Å². The predicted molar refractivity (Wildman–Crippen MR) is 80.0 cm³/mol. The molecule has 1 N–H and O–H groups in total. The molecule has 0 atom stereocenters. The van der Waals surface area contributed by atoms with Crippen LogP contribution in [0.5, 0.6) is 11.6 Å². The highest BCUT2D eigenvalue weighted by Gasteiger charge is 2.14. The maximum absolute atomic E-state index is 11.3. The molecule has 21 heavy (non-hydrogen) atoms. The van der Waals surface area contributed by atoms with E-state index < -0.39 is 5.97 Å². The topological polar surface area (TPSA) is 59.4 Å². The summed E-state index contributed by atoms with van der Waals surface area (Å²) in [5.74, 6) is -0.328. The summed E-state index contributed by atoms with van der Waals surface area (Å²) in [6.45, 7) is 1.84. The second-order valence-corrected chi connectivity index (χ2v) is 4.74. The highest BCUT2D eigenvalue weighted by Crippen LogP contribution is 2.30. The summed E-state index contributed by atoms with van der Waals surface area (Å²) in [7, 11) is 0. The van der Waals surface area contributed by atoms with Crippen molar-refractivity contribution >= 4 is 16.7 Å². The van der Waals surface area contributed by atoms with Gasteiger partial charge in [-0.1, -0.05) is 29.8 Å². The van der Waals surface area contributed by atoms with Gasteiger partial charge < -0.3 is 9.84 Å². The van der Waals surface area contributed by atoms with Crippen LogP contribution in [-0.2, 0) is 0 Å². The number of rotatable bonds is 3. The molecule has 0 aliphatic heterocycles. The van der Waals surface area contributed by atoms with Crippen LogP contribution in [0.3, 0.4) is 0 Å². The van der Waals surface area contributed by atoms with Crippen molar-refractivity contribution in [3.05, 3.63) is 65.9 Å². The molecule has 1 aromatic heterocycles. The number of carboxylic acid groups (broad SMARTS) is 1. The van der Waals surface area contributed by atoms with Gasteiger partial charge in [0, 0.05) is 11.6 Å². The molecular formula is C17H13NO3. The van der Waals surface area contributed by atoms with E-state index in [9.17, 15) is 9.90 Å². The molecule has 0 saturated heterocycles. The van der Waals surface area contributed by atoms with Crippen molar-refractivity contribution in [2.75, 3.05) is 0 Å². The Balaban J connectivity index is 2.09. The molecule has 0 radical (unpaired) electrons. The van der Waals surface area contributed by atoms with E-state index in [-0.39, 0.29) is 11.3 Å². The first kappa shape index (κ1) is 13.1. The van der Waals surface area contributed by atoms with Crippen molar-refractivity contribution in [3.8, 4) is 11.6 Å². The van der Waals surface area contributed by atoms with Gasteiger partial charge in [-0.05, 0) is 36.6 Å². The summed E-state index contributed by atoms with van der Waals surface area (Å²) in [4.78, 5) is 15.5. The maximum Gasteiger partial charge on any atom is 0.339 e. The molecule has 0 saturated carbocycles. The van der Waals surface area contributed by atoms with E-state index >= 15 is 0 Å². The number of nitrogens with zero attached hydrogens (tertiary/aromatic N) is 1. The standard InChI is InChI=1S/C17H13NO3/c1-11-6-7-15(14(10-11)17(19)20)21-16-13-5-3-2-4-12(13)8-9-18-16/h2-10H,1H3,(H,19,20). The molecule has 4 heteroatoms. The summed E-state index contributed by atoms with van der Waals surface area (Å²) < 4.78 is 5.75. The minimum Gasteiger partial charge on any atom is -0.478 e. The van der Waals surface area contributed by atoms with Gasteiger partial charge in [0.1, 0.15) is 11.3 Å². The third-order valence-corrected chi connectivity index (χ3v) is 3.21. The van der Waals surface area contributed by atoms with Gasteiger partial charge in [0.2, 0.25) is 5.88 Å². The SMILES string of the molecule is Cc1ccc(Oc2nccc3ccccc23)c(C(=O)O)c1. The van der Waals surface area contributed by atoms with Crippen LogP contribution in [0.1, 0.15) is 15.9 Å². The van der Waals surface area contributed by atoms with Crippen LogP contribution in [0.15, 0.2) is 54.7 Å². The Bertz CT molecular complexity index is 822. The molecule has 0 amide bonds. The van der Waals surface area contributed by atoms with E-state index in [0.29, 0.717) is 5.88 Å². The second-order valence-electron chi connectivity index (χ2n) is 4.74. The van der Waals surface area contributed by atoms with Crippen LogP contribution in [-0.4, -0.2) is 16.1 Å². The Morgan fingerprint density at radius 3 is 2.76 bits per heavy atom. The van der Waals surface area contributed by atoms with Crippen LogP contribution >= 0.6 is 0 Å². The lowest BCUT2D eigenvalue weighted by Crippen LogP contribution is -2.01. The molecular weight excluding hydrogens is 266 g/mol. The van der Waals surface area contributed by atoms with E-state index in [4.69, 9.17) is 4.74 Å². The smallest absolute Gasteiger partial charge is 0.339 e. The molecule has 104 valence electrons. The fourth-order valence-corrected chi connectivity index (χ4v) is 2.18. The van der Waals surface area contributed by atoms with Crippen molar-refractivity contribution in [1.82, 2.24) is 4.98 Å². The monoisotopic (exact) mass is 279 g/mol. The third-order valence-electron chi connectivity index (χ3n) is 3.21. The van der Waals surface area contributed by atoms with Crippen molar-refractivity contribution in [2.45, 2.75) is 6.92 Å². The number of hydrogen-bond acceptors (Lipinski definition) is 3. The quantitative estimate of drug-likeness (QED) is 0.786. The molecule has 3 rings (SSSR count). The molecule has 0 aliphatic carbocycles. The van der Waals surface area contributed by atoms with Crippen LogP contribution in [0.25, 0.3) is 10.8 Å². The number of carboxylic acids is 1. The Hall–Kier alpha value is -2.88. The molecule has 0 unspecified atom stereocenters. The summed E-state index contributed by atoms with van der Waals surface area (Å²) in [6.07, 6.45) is 1.65. The minimum atomic E-state index is -1.02. The van der Waals surface area contributed by atoms with Crippen molar-refractivity contribution in [3.63, 3.8) is 0 Å². The van der Waals surface area contributed by atoms with Gasteiger partial charge in [-0.3, -0.25) is 0 Å². The number of hydrogen-bond donors (Lipinski definition) is 1. The van der Waals surface area contributed by atoms with E-state index in [2.05, 4.69) is 4.98 Å². The zero-order valence-electron chi connectivity index (χ0n) is 11.4. The summed E-state index contributed by atoms with van der Waals surface area (Å²) in [5, 5.41) is 11.1. The Labute approximate surface area is 121 Å². The van der Waals surface area contributed by atoms with Gasteiger partial charge in [-0.25, -0.2) is 9.78 Å². The van der Waals surface area contributed by atoms with Crippen LogP contribution < -0.4 is 4.74 Å². The van der Waals surface area contributed by atoms with Crippen LogP contribution in [0, 0.1) is 6.92 Å². The van der Waals surface area contributed by atoms with Gasteiger partial charge in [0.25, 0.3) is 0 Å². The number of pyridine rings is 1. The summed E-state index contributed by atoms with van der Waals surface area (Å²) >= 11 is 0. The molecule has 2 aromatic carbocycles. The second kappa shape index (κ2) is 5.25. The van der Waals surface area contributed by atoms with Gasteiger partial charge in [0.05, 0.1) is 0 Å². The average molecular weight is 279 g/mol. The first-order valence-electron chi connectivity index (χ1n) is 6.51. The first-order chi connectivity index (χ1) is 10.1. The molecule has 1 heterocycles. The van der Waals surface area contributed by atoms with Crippen LogP contribution in [0.4, 0.5) is 0 Å². The highest BCUT2D eigenvalue weighted by atomic mass is 16.5. The van der Waals surface area contributed by atoms with E-state index in [1.165, 1.54) is 0 Å². The zero-order chi connectivity index (χ0) is 14.8. The molecule has 0 aliphatic rings. The lowest BCUT2D eigenvalue weighted by Gasteiger charge is -2.10. The largest absolute Gasteiger partial charge is 0.478 e. The van der Waals surface area contributed by atoms with Crippen LogP contribution in [0.2, 0.25) is 0 Å². The highest BCUT2D eigenvalue weighted by molar-refractivity contribution is 5.92. The fourth-order valence-electron chi connectivity index (χ4n) is 2.18. The van der Waals surface area contributed by atoms with E-state index in [1.54, 1.807) is 18.3 Å². The molecule has 0 bridgehead atoms. The van der Waals surface area contributed by atoms with E-state index in [0.717, 1.165) is 16.3 Å². The van der Waals surface area contributed by atoms with Gasteiger partial charge in [-0.2, -0.15) is 0 Å². The summed E-state index contributed by atoms with van der Waals surface area (Å²) in [6, 6.07) is 14.6. The molecule has 0 fully saturated rings. The molecule has 0 spiro atoms. The van der Waals surface area contributed by atoms with Gasteiger partial charge in [-0.15, -0.1) is 0 Å². The number of aryl methyl sites for hydroxylation is 1.